The van der Waals surface area contributed by atoms with E-state index in [0.717, 1.165) is 0 Å². The molecule has 0 nitrogen and oxygen atoms in total. The number of hydrogen-bond donors (Lipinski definition) is 0. The first-order chi connectivity index (χ1) is 5.10. The van der Waals surface area contributed by atoms with Crippen molar-refractivity contribution in [2.75, 3.05) is 0 Å². The molecule has 0 aliphatic heterocycles. The SMILES string of the molecule is CC(F)(F)C(F)(F)C(F)[C](F)F. The van der Waals surface area contributed by atoms with Crippen LogP contribution in [0, 0.1) is 6.43 Å². The minimum atomic E-state index is -5.37. The van der Waals surface area contributed by atoms with E-state index in [4.69, 9.17) is 0 Å². The minimum absolute atomic E-state index is 0.331. The van der Waals surface area contributed by atoms with Gasteiger partial charge in [0.1, 0.15) is 0 Å². The maximum atomic E-state index is 11.9. The first kappa shape index (κ1) is 11.5. The first-order valence-electron chi connectivity index (χ1n) is 2.68. The molecule has 1 radical (unpaired) electrons. The van der Waals surface area contributed by atoms with Crippen LogP contribution in [0.5, 0.6) is 0 Å². The Morgan fingerprint density at radius 1 is 1.08 bits per heavy atom. The fourth-order valence-electron chi connectivity index (χ4n) is 0.360. The van der Waals surface area contributed by atoms with Crippen LogP contribution in [0.4, 0.5) is 30.7 Å². The summed E-state index contributed by atoms with van der Waals surface area (Å²) in [5.41, 5.74) is 0. The number of hydrogen-bond acceptors (Lipinski definition) is 0. The Morgan fingerprint density at radius 2 is 1.42 bits per heavy atom. The van der Waals surface area contributed by atoms with E-state index in [1.165, 1.54) is 0 Å². The molecule has 7 heteroatoms. The molecule has 73 valence electrons. The zero-order valence-electron chi connectivity index (χ0n) is 5.72. The topological polar surface area (TPSA) is 0 Å². The molecule has 0 aliphatic rings. The predicted octanol–water partition coefficient (Wildman–Crippen LogP) is 3.04. The molecule has 0 aliphatic carbocycles. The van der Waals surface area contributed by atoms with Crippen LogP contribution in [0.1, 0.15) is 6.92 Å². The maximum Gasteiger partial charge on any atom is 0.350 e. The molecule has 0 fully saturated rings. The lowest BCUT2D eigenvalue weighted by molar-refractivity contribution is -0.235. The van der Waals surface area contributed by atoms with Gasteiger partial charge >= 0.3 is 18.3 Å². The van der Waals surface area contributed by atoms with Gasteiger partial charge in [0.25, 0.3) is 0 Å². The van der Waals surface area contributed by atoms with Crippen LogP contribution >= 0.6 is 0 Å². The van der Waals surface area contributed by atoms with Crippen molar-refractivity contribution in [3.05, 3.63) is 6.43 Å². The van der Waals surface area contributed by atoms with Crippen molar-refractivity contribution in [1.82, 2.24) is 0 Å². The molecule has 0 saturated heterocycles. The lowest BCUT2D eigenvalue weighted by Gasteiger charge is -2.24. The minimum Gasteiger partial charge on any atom is -0.234 e. The average molecular weight is 197 g/mol. The van der Waals surface area contributed by atoms with E-state index in [9.17, 15) is 30.7 Å². The standard InChI is InChI=1S/C5H4F7/c1-4(9,10)5(11,12)2(6)3(7)8/h2H,1H3. The fraction of sp³-hybridized carbons (Fsp3) is 0.800. The largest absolute Gasteiger partial charge is 0.350 e. The Morgan fingerprint density at radius 3 is 1.50 bits per heavy atom. The summed E-state index contributed by atoms with van der Waals surface area (Å²) in [5, 5.41) is 0. The molecule has 0 amide bonds. The van der Waals surface area contributed by atoms with E-state index in [-0.39, 0.29) is 6.92 Å². The van der Waals surface area contributed by atoms with Gasteiger partial charge < -0.3 is 0 Å². The molecule has 0 bridgehead atoms. The van der Waals surface area contributed by atoms with E-state index in [0.29, 0.717) is 0 Å². The van der Waals surface area contributed by atoms with Crippen LogP contribution in [0.15, 0.2) is 0 Å². The van der Waals surface area contributed by atoms with Gasteiger partial charge in [-0.3, -0.25) is 0 Å². The molecule has 0 saturated carbocycles. The quantitative estimate of drug-likeness (QED) is 0.610. The van der Waals surface area contributed by atoms with Crippen LogP contribution in [-0.2, 0) is 0 Å². The van der Waals surface area contributed by atoms with Crippen LogP contribution in [0.2, 0.25) is 0 Å². The second-order valence-corrected chi connectivity index (χ2v) is 2.16. The zero-order chi connectivity index (χ0) is 10.2. The summed E-state index contributed by atoms with van der Waals surface area (Å²) >= 11 is 0. The molecule has 1 atom stereocenters. The second kappa shape index (κ2) is 3.10. The Labute approximate surface area is 63.4 Å². The van der Waals surface area contributed by atoms with Gasteiger partial charge in [0.05, 0.1) is 0 Å². The molecule has 0 aromatic carbocycles. The van der Waals surface area contributed by atoms with Crippen LogP contribution < -0.4 is 0 Å². The molecule has 0 aromatic rings. The monoisotopic (exact) mass is 197 g/mol. The summed E-state index contributed by atoms with van der Waals surface area (Å²) in [6, 6.07) is 0. The van der Waals surface area contributed by atoms with Gasteiger partial charge in [-0.2, -0.15) is 17.6 Å². The first-order valence-corrected chi connectivity index (χ1v) is 2.68. The molecule has 0 spiro atoms. The van der Waals surface area contributed by atoms with E-state index in [1.807, 2.05) is 0 Å². The average Bonchev–Trinajstić information content (AvgIpc) is 1.83. The third-order valence-corrected chi connectivity index (χ3v) is 1.10. The predicted molar refractivity (Wildman–Crippen MR) is 25.9 cm³/mol. The van der Waals surface area contributed by atoms with Gasteiger partial charge in [-0.1, -0.05) is 0 Å². The third-order valence-electron chi connectivity index (χ3n) is 1.10. The summed E-state index contributed by atoms with van der Waals surface area (Å²) in [5.74, 6) is -10.2. The molecule has 0 rings (SSSR count). The Kier molecular flexibility index (Phi) is 2.97. The lowest BCUT2D eigenvalue weighted by atomic mass is 10.1. The van der Waals surface area contributed by atoms with Gasteiger partial charge in [0.2, 0.25) is 6.17 Å². The van der Waals surface area contributed by atoms with Gasteiger partial charge in [-0.25, -0.2) is 13.2 Å². The van der Waals surface area contributed by atoms with Gasteiger partial charge in [0, 0.05) is 6.92 Å². The molecule has 12 heavy (non-hydrogen) atoms. The summed E-state index contributed by atoms with van der Waals surface area (Å²) < 4.78 is 81.6. The Balaban J connectivity index is 4.61. The summed E-state index contributed by atoms with van der Waals surface area (Å²) in [6.07, 6.45) is -7.58. The summed E-state index contributed by atoms with van der Waals surface area (Å²) in [6.45, 7) is -0.331. The van der Waals surface area contributed by atoms with E-state index in [1.54, 1.807) is 0 Å². The van der Waals surface area contributed by atoms with Gasteiger partial charge in [-0.05, 0) is 0 Å². The van der Waals surface area contributed by atoms with Crippen molar-refractivity contribution >= 4 is 0 Å². The third kappa shape index (κ3) is 2.01. The smallest absolute Gasteiger partial charge is 0.234 e. The van der Waals surface area contributed by atoms with Crippen molar-refractivity contribution in [3.8, 4) is 0 Å². The lowest BCUT2D eigenvalue weighted by Crippen LogP contribution is -2.47. The highest BCUT2D eigenvalue weighted by Gasteiger charge is 2.62. The Hall–Kier alpha value is -0.490. The number of rotatable bonds is 3. The van der Waals surface area contributed by atoms with Crippen molar-refractivity contribution in [2.45, 2.75) is 24.9 Å². The van der Waals surface area contributed by atoms with Crippen LogP contribution in [-0.4, -0.2) is 18.0 Å². The van der Waals surface area contributed by atoms with E-state index in [2.05, 4.69) is 0 Å². The normalized spacial score (nSPS) is 16.8. The highest BCUT2D eigenvalue weighted by molar-refractivity contribution is 4.95. The van der Waals surface area contributed by atoms with E-state index < -0.39 is 24.4 Å². The molecular formula is C5H4F7. The zero-order valence-corrected chi connectivity index (χ0v) is 5.72. The summed E-state index contributed by atoms with van der Waals surface area (Å²) in [7, 11) is 0. The van der Waals surface area contributed by atoms with Crippen LogP contribution in [0.3, 0.4) is 0 Å². The highest BCUT2D eigenvalue weighted by atomic mass is 19.3. The van der Waals surface area contributed by atoms with Crippen molar-refractivity contribution in [3.63, 3.8) is 0 Å². The molecule has 0 aromatic heterocycles. The fourth-order valence-corrected chi connectivity index (χ4v) is 0.360. The number of alkyl halides is 5. The highest BCUT2D eigenvalue weighted by Crippen LogP contribution is 2.41. The molecule has 0 heterocycles. The number of halogens is 7. The Bertz CT molecular complexity index is 146. The molecule has 0 N–H and O–H groups in total. The molecule has 1 unspecified atom stereocenters. The maximum absolute atomic E-state index is 11.9. The van der Waals surface area contributed by atoms with Crippen molar-refractivity contribution < 1.29 is 30.7 Å². The second-order valence-electron chi connectivity index (χ2n) is 2.16. The van der Waals surface area contributed by atoms with Crippen molar-refractivity contribution in [2.24, 2.45) is 0 Å². The summed E-state index contributed by atoms with van der Waals surface area (Å²) in [4.78, 5) is 0. The van der Waals surface area contributed by atoms with Gasteiger partial charge in [0.15, 0.2) is 0 Å². The van der Waals surface area contributed by atoms with E-state index >= 15 is 0 Å². The van der Waals surface area contributed by atoms with Crippen molar-refractivity contribution in [1.29, 1.82) is 0 Å². The molecular weight excluding hydrogens is 193 g/mol. The van der Waals surface area contributed by atoms with Gasteiger partial charge in [-0.15, -0.1) is 0 Å². The van der Waals surface area contributed by atoms with Crippen LogP contribution in [0.25, 0.3) is 0 Å².